The largest absolute Gasteiger partial charge is 0.495 e. The van der Waals surface area contributed by atoms with Gasteiger partial charge in [-0.1, -0.05) is 59.3 Å². The van der Waals surface area contributed by atoms with Gasteiger partial charge in [-0.3, -0.25) is 9.69 Å². The van der Waals surface area contributed by atoms with E-state index in [0.29, 0.717) is 42.2 Å². The van der Waals surface area contributed by atoms with Crippen molar-refractivity contribution in [3.05, 3.63) is 74.8 Å². The fourth-order valence-electron chi connectivity index (χ4n) is 2.95. The van der Waals surface area contributed by atoms with Gasteiger partial charge >= 0.3 is 0 Å². The monoisotopic (exact) mass is 475 g/mol. The molecule has 152 valence electrons. The SMILES string of the molecule is COc1ccc(N2C(=O)C(=Cc3ccc(-c4ccc(C)c(Cl)c4)o3)SC2=S)cc1Cl. The number of halogens is 2. The quantitative estimate of drug-likeness (QED) is 0.300. The van der Waals surface area contributed by atoms with Crippen molar-refractivity contribution in [1.29, 1.82) is 0 Å². The van der Waals surface area contributed by atoms with E-state index in [1.807, 2.05) is 31.2 Å². The number of hydrogen-bond donors (Lipinski definition) is 0. The summed E-state index contributed by atoms with van der Waals surface area (Å²) < 4.78 is 11.5. The first-order valence-electron chi connectivity index (χ1n) is 8.85. The van der Waals surface area contributed by atoms with Gasteiger partial charge in [-0.15, -0.1) is 0 Å². The molecule has 4 rings (SSSR count). The number of methoxy groups -OCH3 is 1. The van der Waals surface area contributed by atoms with Crippen molar-refractivity contribution in [3.63, 3.8) is 0 Å². The summed E-state index contributed by atoms with van der Waals surface area (Å²) in [7, 11) is 1.53. The Hall–Kier alpha value is -2.25. The van der Waals surface area contributed by atoms with E-state index in [1.54, 1.807) is 30.3 Å². The lowest BCUT2D eigenvalue weighted by molar-refractivity contribution is -0.113. The number of aryl methyl sites for hydroxylation is 1. The van der Waals surface area contributed by atoms with Gasteiger partial charge in [-0.2, -0.15) is 0 Å². The zero-order valence-electron chi connectivity index (χ0n) is 15.9. The van der Waals surface area contributed by atoms with Crippen LogP contribution in [0, 0.1) is 6.92 Å². The van der Waals surface area contributed by atoms with Crippen LogP contribution in [0.4, 0.5) is 5.69 Å². The number of ether oxygens (including phenoxy) is 1. The number of carbonyl (C=O) groups is 1. The Bertz CT molecular complexity index is 1200. The van der Waals surface area contributed by atoms with Crippen LogP contribution in [0.15, 0.2) is 57.9 Å². The van der Waals surface area contributed by atoms with Crippen LogP contribution in [0.25, 0.3) is 17.4 Å². The molecule has 3 aromatic rings. The number of benzene rings is 2. The van der Waals surface area contributed by atoms with E-state index in [1.165, 1.54) is 23.8 Å². The number of hydrogen-bond acceptors (Lipinski definition) is 5. The first kappa shape index (κ1) is 21.0. The summed E-state index contributed by atoms with van der Waals surface area (Å²) in [5.74, 6) is 1.51. The van der Waals surface area contributed by atoms with Crippen LogP contribution in [-0.2, 0) is 4.79 Å². The first-order valence-corrected chi connectivity index (χ1v) is 10.8. The summed E-state index contributed by atoms with van der Waals surface area (Å²) in [4.78, 5) is 14.9. The van der Waals surface area contributed by atoms with E-state index in [2.05, 4.69) is 0 Å². The third kappa shape index (κ3) is 4.01. The number of thioether (sulfide) groups is 1. The van der Waals surface area contributed by atoms with Crippen molar-refractivity contribution in [2.24, 2.45) is 0 Å². The molecule has 1 aliphatic rings. The number of carbonyl (C=O) groups excluding carboxylic acids is 1. The van der Waals surface area contributed by atoms with Crippen molar-refractivity contribution in [3.8, 4) is 17.1 Å². The van der Waals surface area contributed by atoms with Crippen LogP contribution >= 0.6 is 47.2 Å². The van der Waals surface area contributed by atoms with Gasteiger partial charge in [0, 0.05) is 16.7 Å². The Morgan fingerprint density at radius 3 is 2.60 bits per heavy atom. The Labute approximate surface area is 193 Å². The number of rotatable bonds is 4. The highest BCUT2D eigenvalue weighted by Gasteiger charge is 2.34. The van der Waals surface area contributed by atoms with Crippen LogP contribution in [0.3, 0.4) is 0 Å². The van der Waals surface area contributed by atoms with Gasteiger partial charge < -0.3 is 9.15 Å². The lowest BCUT2D eigenvalue weighted by atomic mass is 10.1. The van der Waals surface area contributed by atoms with Gasteiger partial charge in [0.15, 0.2) is 4.32 Å². The molecule has 2 aromatic carbocycles. The van der Waals surface area contributed by atoms with E-state index in [0.717, 1.165) is 11.1 Å². The van der Waals surface area contributed by atoms with Gasteiger partial charge in [-0.05, 0) is 48.9 Å². The van der Waals surface area contributed by atoms with Crippen LogP contribution < -0.4 is 9.64 Å². The standard InChI is InChI=1S/C22H15Cl2NO3S2/c1-12-3-4-13(9-16(12)23)18-8-6-15(28-18)11-20-21(26)25(22(29)30-20)14-5-7-19(27-2)17(24)10-14/h3-11H,1-2H3. The molecule has 1 amide bonds. The van der Waals surface area contributed by atoms with E-state index >= 15 is 0 Å². The summed E-state index contributed by atoms with van der Waals surface area (Å²) in [5, 5.41) is 1.07. The highest BCUT2D eigenvalue weighted by atomic mass is 35.5. The van der Waals surface area contributed by atoms with Gasteiger partial charge in [0.05, 0.1) is 22.7 Å². The summed E-state index contributed by atoms with van der Waals surface area (Å²) in [6.07, 6.45) is 1.68. The molecule has 4 nitrogen and oxygen atoms in total. The van der Waals surface area contributed by atoms with Crippen LogP contribution in [0.2, 0.25) is 10.0 Å². The summed E-state index contributed by atoms with van der Waals surface area (Å²) in [5.41, 5.74) is 2.45. The maximum absolute atomic E-state index is 13.0. The van der Waals surface area contributed by atoms with E-state index < -0.39 is 0 Å². The molecule has 0 atom stereocenters. The van der Waals surface area contributed by atoms with Crippen LogP contribution in [-0.4, -0.2) is 17.3 Å². The number of furan rings is 1. The Morgan fingerprint density at radius 2 is 1.90 bits per heavy atom. The Kier molecular flexibility index (Phi) is 5.93. The average Bonchev–Trinajstić information content (AvgIpc) is 3.28. The van der Waals surface area contributed by atoms with Crippen molar-refractivity contribution in [1.82, 2.24) is 0 Å². The summed E-state index contributed by atoms with van der Waals surface area (Å²) >= 11 is 19.0. The minimum absolute atomic E-state index is 0.234. The average molecular weight is 476 g/mol. The van der Waals surface area contributed by atoms with Gasteiger partial charge in [0.1, 0.15) is 17.3 Å². The molecule has 1 aliphatic heterocycles. The second-order valence-corrected chi connectivity index (χ2v) is 8.99. The maximum Gasteiger partial charge on any atom is 0.270 e. The third-order valence-electron chi connectivity index (χ3n) is 4.54. The molecule has 0 spiro atoms. The lowest BCUT2D eigenvalue weighted by Gasteiger charge is -2.15. The van der Waals surface area contributed by atoms with Crippen molar-refractivity contribution in [2.75, 3.05) is 12.0 Å². The van der Waals surface area contributed by atoms with Crippen molar-refractivity contribution < 1.29 is 13.9 Å². The first-order chi connectivity index (χ1) is 14.4. The molecule has 0 unspecified atom stereocenters. The van der Waals surface area contributed by atoms with E-state index in [-0.39, 0.29) is 5.91 Å². The number of nitrogens with zero attached hydrogens (tertiary/aromatic N) is 1. The van der Waals surface area contributed by atoms with Crippen molar-refractivity contribution in [2.45, 2.75) is 6.92 Å². The molecule has 0 N–H and O–H groups in total. The van der Waals surface area contributed by atoms with Gasteiger partial charge in [-0.25, -0.2) is 0 Å². The molecule has 30 heavy (non-hydrogen) atoms. The topological polar surface area (TPSA) is 42.7 Å². The second-order valence-electron chi connectivity index (χ2n) is 6.50. The molecule has 1 aromatic heterocycles. The van der Waals surface area contributed by atoms with Crippen LogP contribution in [0.1, 0.15) is 11.3 Å². The normalized spacial score (nSPS) is 15.3. The second kappa shape index (κ2) is 8.47. The zero-order valence-corrected chi connectivity index (χ0v) is 19.1. The predicted molar refractivity (Wildman–Crippen MR) is 128 cm³/mol. The Balaban J connectivity index is 1.60. The Morgan fingerprint density at radius 1 is 1.10 bits per heavy atom. The molecule has 2 heterocycles. The molecule has 0 bridgehead atoms. The number of amides is 1. The molecule has 8 heteroatoms. The summed E-state index contributed by atoms with van der Waals surface area (Å²) in [6.45, 7) is 1.94. The fourth-order valence-corrected chi connectivity index (χ4v) is 4.66. The molecule has 1 saturated heterocycles. The van der Waals surface area contributed by atoms with E-state index in [4.69, 9.17) is 44.6 Å². The van der Waals surface area contributed by atoms with Gasteiger partial charge in [0.25, 0.3) is 5.91 Å². The summed E-state index contributed by atoms with van der Waals surface area (Å²) in [6, 6.07) is 14.5. The minimum Gasteiger partial charge on any atom is -0.495 e. The predicted octanol–water partition coefficient (Wildman–Crippen LogP) is 6.98. The van der Waals surface area contributed by atoms with E-state index in [9.17, 15) is 4.79 Å². The smallest absolute Gasteiger partial charge is 0.270 e. The minimum atomic E-state index is -0.234. The molecular formula is C22H15Cl2NO3S2. The number of thiocarbonyl (C=S) groups is 1. The number of anilines is 1. The molecular weight excluding hydrogens is 461 g/mol. The zero-order chi connectivity index (χ0) is 21.4. The van der Waals surface area contributed by atoms with Crippen molar-refractivity contribution >= 4 is 69.2 Å². The molecule has 0 aliphatic carbocycles. The molecule has 1 fully saturated rings. The molecule has 0 saturated carbocycles. The highest BCUT2D eigenvalue weighted by molar-refractivity contribution is 8.27. The van der Waals surface area contributed by atoms with Crippen LogP contribution in [0.5, 0.6) is 5.75 Å². The third-order valence-corrected chi connectivity index (χ3v) is 6.55. The highest BCUT2D eigenvalue weighted by Crippen LogP contribution is 2.39. The lowest BCUT2D eigenvalue weighted by Crippen LogP contribution is -2.27. The fraction of sp³-hybridized carbons (Fsp3) is 0.0909. The maximum atomic E-state index is 13.0. The van der Waals surface area contributed by atoms with Gasteiger partial charge in [0.2, 0.25) is 0 Å². The molecule has 0 radical (unpaired) electrons.